The Morgan fingerprint density at radius 2 is 1.90 bits per heavy atom. The number of rotatable bonds is 9. The number of aromatic nitrogens is 2. The van der Waals surface area contributed by atoms with Crippen LogP contribution in [0.4, 0.5) is 11.8 Å². The molecule has 2 amide bonds. The normalized spacial score (nSPS) is 21.4. The molecular weight excluding hydrogens is 396 g/mol. The predicted molar refractivity (Wildman–Crippen MR) is 120 cm³/mol. The Balaban J connectivity index is 1.65. The van der Waals surface area contributed by atoms with Crippen molar-refractivity contribution in [1.82, 2.24) is 20.2 Å². The third kappa shape index (κ3) is 7.05. The van der Waals surface area contributed by atoms with Gasteiger partial charge >= 0.3 is 0 Å². The van der Waals surface area contributed by atoms with Crippen LogP contribution in [-0.4, -0.2) is 70.1 Å². The molecule has 1 aromatic heterocycles. The van der Waals surface area contributed by atoms with Gasteiger partial charge in [-0.2, -0.15) is 4.98 Å². The Hall–Kier alpha value is -2.42. The molecule has 9 heteroatoms. The lowest BCUT2D eigenvalue weighted by Crippen LogP contribution is -2.42. The van der Waals surface area contributed by atoms with Gasteiger partial charge in [-0.1, -0.05) is 13.3 Å². The van der Waals surface area contributed by atoms with E-state index in [1.54, 1.807) is 0 Å². The number of hydrogen-bond acceptors (Lipinski definition) is 7. The average molecular weight is 433 g/mol. The van der Waals surface area contributed by atoms with Crippen LogP contribution in [0.5, 0.6) is 0 Å². The van der Waals surface area contributed by atoms with Crippen molar-refractivity contribution < 1.29 is 14.7 Å². The smallest absolute Gasteiger partial charge is 0.257 e. The standard InChI is InChI=1S/C22H36N6O3/c1-2-3-11-23-22-25-14-18(20(27-22)26-16-7-9-17(29)10-8-16)21(31)24-15-19(30)28-12-5-4-6-13-28/h14,16-17,29H,2-13,15H2,1H3,(H,24,31)(H2,23,25,26,27). The lowest BCUT2D eigenvalue weighted by Gasteiger charge is -2.27. The maximum Gasteiger partial charge on any atom is 0.257 e. The number of piperidine rings is 1. The molecule has 9 nitrogen and oxygen atoms in total. The van der Waals surface area contributed by atoms with Crippen LogP contribution in [0, 0.1) is 0 Å². The van der Waals surface area contributed by atoms with E-state index in [-0.39, 0.29) is 30.5 Å². The van der Waals surface area contributed by atoms with E-state index in [1.807, 2.05) is 4.90 Å². The highest BCUT2D eigenvalue weighted by atomic mass is 16.3. The predicted octanol–water partition coefficient (Wildman–Crippen LogP) is 2.15. The number of nitrogens with one attached hydrogen (secondary N) is 3. The van der Waals surface area contributed by atoms with E-state index in [0.717, 1.165) is 77.4 Å². The van der Waals surface area contributed by atoms with Crippen molar-refractivity contribution in [2.75, 3.05) is 36.8 Å². The van der Waals surface area contributed by atoms with E-state index in [2.05, 4.69) is 32.8 Å². The van der Waals surface area contributed by atoms with Crippen LogP contribution in [0.15, 0.2) is 6.20 Å². The number of aliphatic hydroxyl groups excluding tert-OH is 1. The van der Waals surface area contributed by atoms with Gasteiger partial charge in [0, 0.05) is 31.9 Å². The molecule has 1 aromatic rings. The summed E-state index contributed by atoms with van der Waals surface area (Å²) in [6.07, 6.45) is 9.62. The van der Waals surface area contributed by atoms with E-state index in [1.165, 1.54) is 6.20 Å². The second kappa shape index (κ2) is 11.8. The third-order valence-corrected chi connectivity index (χ3v) is 5.99. The van der Waals surface area contributed by atoms with E-state index in [9.17, 15) is 14.7 Å². The zero-order valence-electron chi connectivity index (χ0n) is 18.5. The number of amides is 2. The summed E-state index contributed by atoms with van der Waals surface area (Å²) in [5, 5.41) is 19.1. The number of carbonyl (C=O) groups excluding carboxylic acids is 2. The number of hydrogen-bond donors (Lipinski definition) is 4. The second-order valence-electron chi connectivity index (χ2n) is 8.51. The first-order chi connectivity index (χ1) is 15.1. The fraction of sp³-hybridized carbons (Fsp3) is 0.727. The van der Waals surface area contributed by atoms with Crippen LogP contribution < -0.4 is 16.0 Å². The number of carbonyl (C=O) groups is 2. The topological polar surface area (TPSA) is 119 Å². The zero-order valence-corrected chi connectivity index (χ0v) is 18.5. The SMILES string of the molecule is CCCCNc1ncc(C(=O)NCC(=O)N2CCCCC2)c(NC2CCC(O)CC2)n1. The van der Waals surface area contributed by atoms with Crippen molar-refractivity contribution in [1.29, 1.82) is 0 Å². The van der Waals surface area contributed by atoms with E-state index in [4.69, 9.17) is 0 Å². The molecule has 0 unspecified atom stereocenters. The minimum absolute atomic E-state index is 0.0234. The first-order valence-electron chi connectivity index (χ1n) is 11.7. The van der Waals surface area contributed by atoms with E-state index < -0.39 is 0 Å². The highest BCUT2D eigenvalue weighted by Gasteiger charge is 2.23. The molecule has 0 spiro atoms. The molecule has 3 rings (SSSR count). The van der Waals surface area contributed by atoms with Gasteiger partial charge in [0.25, 0.3) is 5.91 Å². The van der Waals surface area contributed by atoms with Crippen LogP contribution >= 0.6 is 0 Å². The quantitative estimate of drug-likeness (QED) is 0.441. The molecule has 2 aliphatic rings. The minimum atomic E-state index is -0.358. The monoisotopic (exact) mass is 432 g/mol. The number of likely N-dealkylation sites (tertiary alicyclic amines) is 1. The molecule has 2 fully saturated rings. The Morgan fingerprint density at radius 3 is 2.61 bits per heavy atom. The van der Waals surface area contributed by atoms with Crippen LogP contribution in [0.25, 0.3) is 0 Å². The summed E-state index contributed by atoms with van der Waals surface area (Å²) in [6.45, 7) is 4.38. The summed E-state index contributed by atoms with van der Waals surface area (Å²) < 4.78 is 0. The highest BCUT2D eigenvalue weighted by Crippen LogP contribution is 2.23. The van der Waals surface area contributed by atoms with Gasteiger partial charge in [0.2, 0.25) is 11.9 Å². The summed E-state index contributed by atoms with van der Waals surface area (Å²) in [7, 11) is 0. The summed E-state index contributed by atoms with van der Waals surface area (Å²) in [5.41, 5.74) is 0.332. The molecule has 0 radical (unpaired) electrons. The maximum absolute atomic E-state index is 12.9. The number of unbranched alkanes of at least 4 members (excludes halogenated alkanes) is 1. The van der Waals surface area contributed by atoms with Crippen LogP contribution in [0.2, 0.25) is 0 Å². The molecule has 1 aliphatic carbocycles. The highest BCUT2D eigenvalue weighted by molar-refractivity contribution is 6.00. The molecular formula is C22H36N6O3. The summed E-state index contributed by atoms with van der Waals surface area (Å²) in [5.74, 6) is 0.539. The van der Waals surface area contributed by atoms with E-state index >= 15 is 0 Å². The Kier molecular flexibility index (Phi) is 8.87. The van der Waals surface area contributed by atoms with Gasteiger partial charge < -0.3 is 26.0 Å². The minimum Gasteiger partial charge on any atom is -0.393 e. The summed E-state index contributed by atoms with van der Waals surface area (Å²) in [6, 6.07) is 0.142. The van der Waals surface area contributed by atoms with E-state index in [0.29, 0.717) is 17.3 Å². The number of nitrogens with zero attached hydrogens (tertiary/aromatic N) is 3. The molecule has 0 atom stereocenters. The molecule has 172 valence electrons. The molecule has 31 heavy (non-hydrogen) atoms. The number of anilines is 2. The Bertz CT molecular complexity index is 730. The van der Waals surface area contributed by atoms with Gasteiger partial charge in [0.05, 0.1) is 12.6 Å². The first kappa shape index (κ1) is 23.2. The van der Waals surface area contributed by atoms with Gasteiger partial charge in [0.1, 0.15) is 11.4 Å². The van der Waals surface area contributed by atoms with Gasteiger partial charge in [-0.05, 0) is 51.4 Å². The third-order valence-electron chi connectivity index (χ3n) is 5.99. The molecule has 0 aromatic carbocycles. The van der Waals surface area contributed by atoms with Crippen LogP contribution in [0.3, 0.4) is 0 Å². The van der Waals surface area contributed by atoms with Crippen molar-refractivity contribution in [2.24, 2.45) is 0 Å². The largest absolute Gasteiger partial charge is 0.393 e. The Morgan fingerprint density at radius 1 is 1.16 bits per heavy atom. The molecule has 4 N–H and O–H groups in total. The molecule has 0 bridgehead atoms. The lowest BCUT2D eigenvalue weighted by atomic mass is 9.93. The Labute approximate surface area is 184 Å². The van der Waals surface area contributed by atoms with Crippen molar-refractivity contribution in [2.45, 2.75) is 76.9 Å². The van der Waals surface area contributed by atoms with Crippen molar-refractivity contribution in [3.8, 4) is 0 Å². The fourth-order valence-corrected chi connectivity index (χ4v) is 4.04. The molecule has 1 saturated carbocycles. The zero-order chi connectivity index (χ0) is 22.1. The molecule has 2 heterocycles. The van der Waals surface area contributed by atoms with Crippen molar-refractivity contribution >= 4 is 23.6 Å². The number of aliphatic hydroxyl groups is 1. The second-order valence-corrected chi connectivity index (χ2v) is 8.51. The van der Waals surface area contributed by atoms with Gasteiger partial charge in [-0.25, -0.2) is 4.98 Å². The van der Waals surface area contributed by atoms with Crippen molar-refractivity contribution in [3.05, 3.63) is 11.8 Å². The van der Waals surface area contributed by atoms with Gasteiger partial charge in [0.15, 0.2) is 0 Å². The first-order valence-corrected chi connectivity index (χ1v) is 11.7. The summed E-state index contributed by atoms with van der Waals surface area (Å²) in [4.78, 5) is 35.9. The lowest BCUT2D eigenvalue weighted by molar-refractivity contribution is -0.130. The fourth-order valence-electron chi connectivity index (χ4n) is 4.04. The summed E-state index contributed by atoms with van der Waals surface area (Å²) >= 11 is 0. The average Bonchev–Trinajstić information content (AvgIpc) is 2.80. The molecule has 1 aliphatic heterocycles. The maximum atomic E-state index is 12.9. The van der Waals surface area contributed by atoms with Crippen LogP contribution in [0.1, 0.15) is 75.1 Å². The van der Waals surface area contributed by atoms with Crippen molar-refractivity contribution in [3.63, 3.8) is 0 Å². The molecule has 1 saturated heterocycles. The van der Waals surface area contributed by atoms with Gasteiger partial charge in [-0.3, -0.25) is 9.59 Å². The van der Waals surface area contributed by atoms with Crippen LogP contribution in [-0.2, 0) is 4.79 Å². The van der Waals surface area contributed by atoms with Gasteiger partial charge in [-0.15, -0.1) is 0 Å².